The summed E-state index contributed by atoms with van der Waals surface area (Å²) in [5.41, 5.74) is 2.73. The number of nitrogens with one attached hydrogen (secondary N) is 1. The number of fused-ring (bicyclic) bond motifs is 1. The topological polar surface area (TPSA) is 69.2 Å². The summed E-state index contributed by atoms with van der Waals surface area (Å²) >= 11 is 3.65. The van der Waals surface area contributed by atoms with Gasteiger partial charge >= 0.3 is 0 Å². The van der Waals surface area contributed by atoms with Gasteiger partial charge in [-0.3, -0.25) is 9.00 Å². The minimum Gasteiger partial charge on any atom is -0.768 e. The molecule has 0 radical (unpaired) electrons. The zero-order valence-electron chi connectivity index (χ0n) is 10.6. The molecule has 1 atom stereocenters. The van der Waals surface area contributed by atoms with Crippen molar-refractivity contribution in [2.24, 2.45) is 0 Å². The van der Waals surface area contributed by atoms with E-state index in [2.05, 4.69) is 5.32 Å². The summed E-state index contributed by atoms with van der Waals surface area (Å²) in [6.07, 6.45) is 1.71. The van der Waals surface area contributed by atoms with Crippen LogP contribution in [0.15, 0.2) is 47.4 Å². The Hall–Kier alpha value is -1.95. The average molecular weight is 319 g/mol. The summed E-state index contributed by atoms with van der Waals surface area (Å²) < 4.78 is 21.6. The van der Waals surface area contributed by atoms with Crippen molar-refractivity contribution < 1.29 is 13.6 Å². The lowest BCUT2D eigenvalue weighted by atomic mass is 10.0. The van der Waals surface area contributed by atoms with Gasteiger partial charge in [0.15, 0.2) is 0 Å². The summed E-state index contributed by atoms with van der Waals surface area (Å²) in [6.45, 7) is 0. The van der Waals surface area contributed by atoms with Crippen LogP contribution in [-0.2, 0) is 15.9 Å². The van der Waals surface area contributed by atoms with Gasteiger partial charge < -0.3 is 9.87 Å². The van der Waals surface area contributed by atoms with E-state index in [0.29, 0.717) is 16.3 Å². The molecule has 21 heavy (non-hydrogen) atoms. The van der Waals surface area contributed by atoms with E-state index >= 15 is 0 Å². The lowest BCUT2D eigenvalue weighted by Gasteiger charge is -2.05. The number of carbonyl (C=O) groups is 1. The minimum absolute atomic E-state index is 0.205. The highest BCUT2D eigenvalue weighted by Crippen LogP contribution is 2.34. The first-order valence-corrected chi connectivity index (χ1v) is 7.52. The third-order valence-electron chi connectivity index (χ3n) is 3.15. The number of anilines is 1. The molecule has 4 nitrogen and oxygen atoms in total. The first-order chi connectivity index (χ1) is 10.0. The first kappa shape index (κ1) is 14.0. The summed E-state index contributed by atoms with van der Waals surface area (Å²) in [7, 11) is 0. The zero-order chi connectivity index (χ0) is 15.0. The van der Waals surface area contributed by atoms with Gasteiger partial charge in [0.2, 0.25) is 0 Å². The summed E-state index contributed by atoms with van der Waals surface area (Å²) in [5, 5.41) is 3.30. The van der Waals surface area contributed by atoms with Crippen LogP contribution in [0.25, 0.3) is 11.6 Å². The van der Waals surface area contributed by atoms with Gasteiger partial charge in [0.05, 0.1) is 5.69 Å². The average Bonchev–Trinajstić information content (AvgIpc) is 2.75. The molecule has 1 amide bonds. The zero-order valence-corrected chi connectivity index (χ0v) is 12.2. The highest BCUT2D eigenvalue weighted by atomic mass is 35.5. The third kappa shape index (κ3) is 2.76. The standard InChI is InChI=1S/C15H10ClNO3S/c16-10-3-6-12-13(15(18)17-14(12)8-10)7-9-1-4-11(5-2-9)21(19)20/h1-8H,(H,17,18)(H,19,20)/p-1. The van der Waals surface area contributed by atoms with Crippen molar-refractivity contribution in [2.45, 2.75) is 4.90 Å². The van der Waals surface area contributed by atoms with Crippen molar-refractivity contribution in [2.75, 3.05) is 5.32 Å². The molecular weight excluding hydrogens is 310 g/mol. The van der Waals surface area contributed by atoms with E-state index in [0.717, 1.165) is 11.1 Å². The predicted molar refractivity (Wildman–Crippen MR) is 81.6 cm³/mol. The lowest BCUT2D eigenvalue weighted by Crippen LogP contribution is -2.03. The van der Waals surface area contributed by atoms with Crippen LogP contribution in [0.2, 0.25) is 5.02 Å². The van der Waals surface area contributed by atoms with Crippen LogP contribution in [0.5, 0.6) is 0 Å². The van der Waals surface area contributed by atoms with Crippen LogP contribution in [-0.4, -0.2) is 14.7 Å². The van der Waals surface area contributed by atoms with Gasteiger partial charge in [-0.2, -0.15) is 0 Å². The van der Waals surface area contributed by atoms with E-state index in [1.807, 2.05) is 0 Å². The van der Waals surface area contributed by atoms with Gasteiger partial charge in [0.25, 0.3) is 5.91 Å². The molecule has 2 aromatic carbocycles. The Labute approximate surface area is 128 Å². The second-order valence-electron chi connectivity index (χ2n) is 4.51. The van der Waals surface area contributed by atoms with Crippen LogP contribution < -0.4 is 5.32 Å². The van der Waals surface area contributed by atoms with Gasteiger partial charge in [-0.1, -0.05) is 29.8 Å². The van der Waals surface area contributed by atoms with Crippen LogP contribution in [0, 0.1) is 0 Å². The second kappa shape index (κ2) is 5.44. The molecule has 0 aromatic heterocycles. The Kier molecular flexibility index (Phi) is 3.63. The predicted octanol–water partition coefficient (Wildman–Crippen LogP) is 3.07. The van der Waals surface area contributed by atoms with Crippen LogP contribution in [0.4, 0.5) is 5.69 Å². The molecule has 106 valence electrons. The summed E-state index contributed by atoms with van der Waals surface area (Å²) in [5.74, 6) is -0.205. The van der Waals surface area contributed by atoms with Crippen molar-refractivity contribution >= 4 is 45.9 Å². The van der Waals surface area contributed by atoms with Crippen LogP contribution in [0.3, 0.4) is 0 Å². The van der Waals surface area contributed by atoms with E-state index < -0.39 is 11.1 Å². The van der Waals surface area contributed by atoms with E-state index in [4.69, 9.17) is 11.6 Å². The quantitative estimate of drug-likeness (QED) is 0.683. The van der Waals surface area contributed by atoms with Crippen LogP contribution in [0.1, 0.15) is 11.1 Å². The fraction of sp³-hybridized carbons (Fsp3) is 0. The number of benzene rings is 2. The Morgan fingerprint density at radius 2 is 1.86 bits per heavy atom. The smallest absolute Gasteiger partial charge is 0.256 e. The summed E-state index contributed by atoms with van der Waals surface area (Å²) in [6, 6.07) is 11.5. The molecule has 0 fully saturated rings. The normalized spacial score (nSPS) is 16.7. The SMILES string of the molecule is O=C1Nc2cc(Cl)ccc2C1=Cc1ccc(S(=O)[O-])cc1. The Balaban J connectivity index is 2.00. The first-order valence-electron chi connectivity index (χ1n) is 6.07. The largest absolute Gasteiger partial charge is 0.768 e. The monoisotopic (exact) mass is 318 g/mol. The van der Waals surface area contributed by atoms with E-state index in [1.54, 1.807) is 36.4 Å². The molecule has 1 aliphatic heterocycles. The molecule has 0 saturated heterocycles. The molecule has 0 aliphatic carbocycles. The number of amides is 1. The molecule has 2 aromatic rings. The van der Waals surface area contributed by atoms with Crippen molar-refractivity contribution in [1.29, 1.82) is 0 Å². The highest BCUT2D eigenvalue weighted by molar-refractivity contribution is 7.79. The number of rotatable bonds is 2. The van der Waals surface area contributed by atoms with Crippen molar-refractivity contribution in [3.63, 3.8) is 0 Å². The molecule has 0 spiro atoms. The molecular formula is C15H9ClNO3S-. The number of carbonyl (C=O) groups excluding carboxylic acids is 1. The maximum atomic E-state index is 12.0. The summed E-state index contributed by atoms with van der Waals surface area (Å²) in [4.78, 5) is 12.2. The van der Waals surface area contributed by atoms with Gasteiger partial charge in [-0.15, -0.1) is 0 Å². The molecule has 1 aliphatic rings. The minimum atomic E-state index is -2.25. The lowest BCUT2D eigenvalue weighted by molar-refractivity contribution is -0.110. The second-order valence-corrected chi connectivity index (χ2v) is 5.88. The molecule has 1 heterocycles. The van der Waals surface area contributed by atoms with Crippen molar-refractivity contribution in [3.05, 3.63) is 58.6 Å². The molecule has 1 unspecified atom stereocenters. The molecule has 0 bridgehead atoms. The van der Waals surface area contributed by atoms with Gasteiger partial charge in [-0.05, 0) is 47.0 Å². The van der Waals surface area contributed by atoms with E-state index in [9.17, 15) is 13.6 Å². The number of halogens is 1. The number of hydrogen-bond donors (Lipinski definition) is 1. The number of hydrogen-bond acceptors (Lipinski definition) is 3. The molecule has 6 heteroatoms. The van der Waals surface area contributed by atoms with E-state index in [-0.39, 0.29) is 10.8 Å². The third-order valence-corrected chi connectivity index (χ3v) is 4.04. The fourth-order valence-corrected chi connectivity index (χ4v) is 2.68. The van der Waals surface area contributed by atoms with Gasteiger partial charge in [0.1, 0.15) is 0 Å². The van der Waals surface area contributed by atoms with Gasteiger partial charge in [-0.25, -0.2) is 0 Å². The van der Waals surface area contributed by atoms with Gasteiger partial charge in [0, 0.05) is 21.1 Å². The van der Waals surface area contributed by atoms with Crippen LogP contribution >= 0.6 is 11.6 Å². The molecule has 3 rings (SSSR count). The Morgan fingerprint density at radius 3 is 2.52 bits per heavy atom. The Bertz CT molecular complexity index is 784. The Morgan fingerprint density at radius 1 is 1.14 bits per heavy atom. The maximum Gasteiger partial charge on any atom is 0.256 e. The van der Waals surface area contributed by atoms with Crippen molar-refractivity contribution in [3.8, 4) is 0 Å². The fourth-order valence-electron chi connectivity index (χ4n) is 2.15. The maximum absolute atomic E-state index is 12.0. The highest BCUT2D eigenvalue weighted by Gasteiger charge is 2.23. The van der Waals surface area contributed by atoms with Crippen molar-refractivity contribution in [1.82, 2.24) is 0 Å². The van der Waals surface area contributed by atoms with E-state index in [1.165, 1.54) is 12.1 Å². The molecule has 0 saturated carbocycles. The molecule has 1 N–H and O–H groups in total.